The van der Waals surface area contributed by atoms with Crippen LogP contribution in [0.5, 0.6) is 0 Å². The highest BCUT2D eigenvalue weighted by atomic mass is 16.6. The van der Waals surface area contributed by atoms with Crippen molar-refractivity contribution >= 4 is 0 Å². The predicted octanol–water partition coefficient (Wildman–Crippen LogP) is -0.513. The van der Waals surface area contributed by atoms with Gasteiger partial charge < -0.3 is 4.74 Å². The smallest absolute Gasteiger partial charge is 0.309 e. The van der Waals surface area contributed by atoms with Crippen LogP contribution in [0.4, 0.5) is 0 Å². The first-order chi connectivity index (χ1) is 6.24. The molecule has 1 aliphatic rings. The van der Waals surface area contributed by atoms with E-state index in [2.05, 4.69) is 0 Å². The Labute approximate surface area is 75.8 Å². The SMILES string of the molecule is N#C[C@H](CN1CCOCC1)[N+](=O)[O-]. The monoisotopic (exact) mass is 185 g/mol. The van der Waals surface area contributed by atoms with Gasteiger partial charge in [0.25, 0.3) is 0 Å². The van der Waals surface area contributed by atoms with Gasteiger partial charge >= 0.3 is 6.04 Å². The van der Waals surface area contributed by atoms with Crippen molar-refractivity contribution < 1.29 is 9.66 Å². The second-order valence-electron chi connectivity index (χ2n) is 2.84. The van der Waals surface area contributed by atoms with Crippen LogP contribution in [0.3, 0.4) is 0 Å². The van der Waals surface area contributed by atoms with Gasteiger partial charge in [0.2, 0.25) is 0 Å². The molecule has 0 unspecified atom stereocenters. The summed E-state index contributed by atoms with van der Waals surface area (Å²) in [4.78, 5) is 11.7. The summed E-state index contributed by atoms with van der Waals surface area (Å²) in [7, 11) is 0. The minimum atomic E-state index is -1.11. The van der Waals surface area contributed by atoms with E-state index in [1.165, 1.54) is 0 Å². The summed E-state index contributed by atoms with van der Waals surface area (Å²) >= 11 is 0. The lowest BCUT2D eigenvalue weighted by atomic mass is 10.3. The fourth-order valence-corrected chi connectivity index (χ4v) is 1.18. The Bertz CT molecular complexity index is 220. The molecular weight excluding hydrogens is 174 g/mol. The van der Waals surface area contributed by atoms with E-state index in [0.717, 1.165) is 0 Å². The molecule has 0 bridgehead atoms. The van der Waals surface area contributed by atoms with Crippen LogP contribution < -0.4 is 0 Å². The van der Waals surface area contributed by atoms with Gasteiger partial charge in [-0.25, -0.2) is 0 Å². The zero-order valence-electron chi connectivity index (χ0n) is 7.18. The standard InChI is InChI=1S/C7H11N3O3/c8-5-7(10(11)12)6-9-1-3-13-4-2-9/h7H,1-4,6H2/t7-/m1/s1. The van der Waals surface area contributed by atoms with Crippen LogP contribution in [0, 0.1) is 21.4 Å². The number of nitro groups is 1. The van der Waals surface area contributed by atoms with Crippen LogP contribution in [0.25, 0.3) is 0 Å². The number of rotatable bonds is 3. The van der Waals surface area contributed by atoms with Crippen molar-refractivity contribution in [3.63, 3.8) is 0 Å². The van der Waals surface area contributed by atoms with Gasteiger partial charge in [-0.3, -0.25) is 15.0 Å². The normalized spacial score (nSPS) is 20.5. The zero-order valence-corrected chi connectivity index (χ0v) is 7.18. The Balaban J connectivity index is 2.37. The summed E-state index contributed by atoms with van der Waals surface area (Å²) < 4.78 is 5.08. The van der Waals surface area contributed by atoms with Crippen LogP contribution in [-0.4, -0.2) is 48.7 Å². The summed E-state index contributed by atoms with van der Waals surface area (Å²) in [6.45, 7) is 2.73. The molecule has 0 spiro atoms. The second kappa shape index (κ2) is 4.74. The highest BCUT2D eigenvalue weighted by Crippen LogP contribution is 1.99. The predicted molar refractivity (Wildman–Crippen MR) is 43.7 cm³/mol. The Morgan fingerprint density at radius 1 is 1.62 bits per heavy atom. The van der Waals surface area contributed by atoms with Crippen molar-refractivity contribution in [2.75, 3.05) is 32.8 Å². The lowest BCUT2D eigenvalue weighted by molar-refractivity contribution is -0.507. The number of morpholine rings is 1. The molecule has 1 heterocycles. The molecule has 72 valence electrons. The minimum absolute atomic E-state index is 0.201. The fourth-order valence-electron chi connectivity index (χ4n) is 1.18. The Hall–Kier alpha value is -1.19. The maximum atomic E-state index is 10.3. The van der Waals surface area contributed by atoms with E-state index in [1.54, 1.807) is 6.07 Å². The first-order valence-electron chi connectivity index (χ1n) is 4.07. The van der Waals surface area contributed by atoms with Gasteiger partial charge in [-0.05, 0) is 0 Å². The molecule has 0 aromatic carbocycles. The zero-order chi connectivity index (χ0) is 9.68. The van der Waals surface area contributed by atoms with Gasteiger partial charge in [0.05, 0.1) is 19.8 Å². The maximum Gasteiger partial charge on any atom is 0.309 e. The third-order valence-corrected chi connectivity index (χ3v) is 1.94. The number of hydrogen-bond donors (Lipinski definition) is 0. The topological polar surface area (TPSA) is 79.4 Å². The highest BCUT2D eigenvalue weighted by molar-refractivity contribution is 4.86. The maximum absolute atomic E-state index is 10.3. The molecule has 0 aromatic heterocycles. The van der Waals surface area contributed by atoms with Crippen molar-refractivity contribution in [1.29, 1.82) is 5.26 Å². The molecule has 13 heavy (non-hydrogen) atoms. The van der Waals surface area contributed by atoms with Crippen molar-refractivity contribution in [1.82, 2.24) is 4.90 Å². The number of nitrogens with zero attached hydrogens (tertiary/aromatic N) is 3. The third kappa shape index (κ3) is 2.97. The first kappa shape index (κ1) is 9.89. The lowest BCUT2D eigenvalue weighted by Gasteiger charge is -2.25. The summed E-state index contributed by atoms with van der Waals surface area (Å²) in [6, 6.07) is 0.554. The minimum Gasteiger partial charge on any atom is -0.379 e. The molecular formula is C7H11N3O3. The van der Waals surface area contributed by atoms with Gasteiger partial charge in [0.1, 0.15) is 6.07 Å². The molecule has 0 saturated carbocycles. The molecule has 1 aliphatic heterocycles. The van der Waals surface area contributed by atoms with E-state index in [0.29, 0.717) is 26.3 Å². The van der Waals surface area contributed by atoms with Crippen molar-refractivity contribution in [2.45, 2.75) is 6.04 Å². The quantitative estimate of drug-likeness (QED) is 0.437. The van der Waals surface area contributed by atoms with Gasteiger partial charge in [-0.1, -0.05) is 0 Å². The summed E-state index contributed by atoms with van der Waals surface area (Å²) in [6.07, 6.45) is 0. The van der Waals surface area contributed by atoms with E-state index < -0.39 is 11.0 Å². The van der Waals surface area contributed by atoms with Gasteiger partial charge in [-0.2, -0.15) is 5.26 Å². The molecule has 0 N–H and O–H groups in total. The molecule has 0 amide bonds. The molecule has 0 radical (unpaired) electrons. The van der Waals surface area contributed by atoms with Crippen LogP contribution in [-0.2, 0) is 4.74 Å². The van der Waals surface area contributed by atoms with Gasteiger partial charge in [0, 0.05) is 18.0 Å². The van der Waals surface area contributed by atoms with E-state index in [1.807, 2.05) is 4.90 Å². The van der Waals surface area contributed by atoms with Crippen molar-refractivity contribution in [3.05, 3.63) is 10.1 Å². The van der Waals surface area contributed by atoms with E-state index >= 15 is 0 Å². The average Bonchev–Trinajstić information content (AvgIpc) is 2.15. The molecule has 6 heteroatoms. The number of hydrogen-bond acceptors (Lipinski definition) is 5. The third-order valence-electron chi connectivity index (χ3n) is 1.94. The van der Waals surface area contributed by atoms with Crippen molar-refractivity contribution in [3.8, 4) is 6.07 Å². The van der Waals surface area contributed by atoms with E-state index in [4.69, 9.17) is 10.00 Å². The van der Waals surface area contributed by atoms with E-state index in [9.17, 15) is 10.1 Å². The van der Waals surface area contributed by atoms with Crippen molar-refractivity contribution in [2.24, 2.45) is 0 Å². The van der Waals surface area contributed by atoms with Crippen LogP contribution in [0.2, 0.25) is 0 Å². The van der Waals surface area contributed by atoms with Gasteiger partial charge in [-0.15, -0.1) is 0 Å². The van der Waals surface area contributed by atoms with E-state index in [-0.39, 0.29) is 6.54 Å². The van der Waals surface area contributed by atoms with Crippen LogP contribution in [0.15, 0.2) is 0 Å². The molecule has 1 atom stereocenters. The highest BCUT2D eigenvalue weighted by Gasteiger charge is 2.23. The Kier molecular flexibility index (Phi) is 3.61. The molecule has 1 fully saturated rings. The molecule has 0 aromatic rings. The number of nitriles is 1. The fraction of sp³-hybridized carbons (Fsp3) is 0.857. The van der Waals surface area contributed by atoms with Gasteiger partial charge in [0.15, 0.2) is 0 Å². The summed E-state index contributed by atoms with van der Waals surface area (Å²) in [5, 5.41) is 18.8. The largest absolute Gasteiger partial charge is 0.379 e. The lowest BCUT2D eigenvalue weighted by Crippen LogP contribution is -2.42. The first-order valence-corrected chi connectivity index (χ1v) is 4.07. The van der Waals surface area contributed by atoms with Crippen LogP contribution in [0.1, 0.15) is 0 Å². The summed E-state index contributed by atoms with van der Waals surface area (Å²) in [5.41, 5.74) is 0. The Morgan fingerprint density at radius 3 is 2.69 bits per heavy atom. The number of ether oxygens (including phenoxy) is 1. The van der Waals surface area contributed by atoms with Crippen LogP contribution >= 0.6 is 0 Å². The Morgan fingerprint density at radius 2 is 2.23 bits per heavy atom. The summed E-state index contributed by atoms with van der Waals surface area (Å²) in [5.74, 6) is 0. The average molecular weight is 185 g/mol. The molecule has 0 aliphatic carbocycles. The molecule has 1 saturated heterocycles. The molecule has 1 rings (SSSR count). The molecule has 6 nitrogen and oxygen atoms in total. The second-order valence-corrected chi connectivity index (χ2v) is 2.84.